The summed E-state index contributed by atoms with van der Waals surface area (Å²) in [4.78, 5) is 16.8. The van der Waals surface area contributed by atoms with Gasteiger partial charge in [0.1, 0.15) is 0 Å². The number of carbonyl (C=O) groups is 1. The van der Waals surface area contributed by atoms with Crippen molar-refractivity contribution in [3.8, 4) is 0 Å². The van der Waals surface area contributed by atoms with Crippen LogP contribution in [0.5, 0.6) is 0 Å². The molecule has 0 atom stereocenters. The third-order valence-electron chi connectivity index (χ3n) is 3.46. The van der Waals surface area contributed by atoms with Gasteiger partial charge in [-0.2, -0.15) is 0 Å². The molecule has 1 aliphatic heterocycles. The van der Waals surface area contributed by atoms with Gasteiger partial charge in [0.2, 0.25) is 5.91 Å². The molecule has 0 unspecified atom stereocenters. The minimum Gasteiger partial charge on any atom is -0.279 e. The van der Waals surface area contributed by atoms with E-state index in [4.69, 9.17) is 11.6 Å². The Morgan fingerprint density at radius 1 is 0.952 bits per heavy atom. The maximum absolute atomic E-state index is 12.7. The number of alkyl halides is 1. The van der Waals surface area contributed by atoms with E-state index < -0.39 is 0 Å². The van der Waals surface area contributed by atoms with Crippen LogP contribution in [0, 0.1) is 0 Å². The van der Waals surface area contributed by atoms with Crippen LogP contribution in [0.15, 0.2) is 58.3 Å². The van der Waals surface area contributed by atoms with Gasteiger partial charge in [0.25, 0.3) is 0 Å². The number of rotatable bonds is 4. The molecule has 0 spiro atoms. The Morgan fingerprint density at radius 3 is 2.10 bits per heavy atom. The van der Waals surface area contributed by atoms with Crippen molar-refractivity contribution in [1.29, 1.82) is 0 Å². The van der Waals surface area contributed by atoms with E-state index in [2.05, 4.69) is 12.1 Å². The molecular formula is C17H16ClNOS. The fourth-order valence-corrected chi connectivity index (χ4v) is 3.70. The highest BCUT2D eigenvalue weighted by Gasteiger charge is 2.27. The second-order valence-electron chi connectivity index (χ2n) is 4.91. The lowest BCUT2D eigenvalue weighted by Gasteiger charge is -2.31. The Bertz CT molecular complexity index is 613. The molecule has 0 fully saturated rings. The summed E-state index contributed by atoms with van der Waals surface area (Å²) in [6.45, 7) is 0. The van der Waals surface area contributed by atoms with E-state index >= 15 is 0 Å². The SMILES string of the molecule is O=C(CCCCCl)N1c2ccccc2Sc2ccccc21. The zero-order valence-electron chi connectivity index (χ0n) is 11.6. The molecule has 0 N–H and O–H groups in total. The van der Waals surface area contributed by atoms with E-state index in [1.165, 1.54) is 0 Å². The second kappa shape index (κ2) is 6.54. The molecule has 0 bridgehead atoms. The predicted octanol–water partition coefficient (Wildman–Crippen LogP) is 5.23. The lowest BCUT2D eigenvalue weighted by Crippen LogP contribution is -2.28. The van der Waals surface area contributed by atoms with Gasteiger partial charge < -0.3 is 0 Å². The Hall–Kier alpha value is -1.45. The molecule has 0 saturated carbocycles. The van der Waals surface area contributed by atoms with Crippen molar-refractivity contribution in [3.63, 3.8) is 0 Å². The largest absolute Gasteiger partial charge is 0.279 e. The van der Waals surface area contributed by atoms with Crippen molar-refractivity contribution in [2.75, 3.05) is 10.8 Å². The molecule has 0 radical (unpaired) electrons. The van der Waals surface area contributed by atoms with Crippen LogP contribution in [0.2, 0.25) is 0 Å². The molecule has 21 heavy (non-hydrogen) atoms. The first-order valence-corrected chi connectivity index (χ1v) is 8.41. The number of para-hydroxylation sites is 2. The number of amides is 1. The van der Waals surface area contributed by atoms with Gasteiger partial charge >= 0.3 is 0 Å². The lowest BCUT2D eigenvalue weighted by molar-refractivity contribution is -0.118. The Morgan fingerprint density at radius 2 is 1.52 bits per heavy atom. The van der Waals surface area contributed by atoms with Crippen LogP contribution < -0.4 is 4.90 Å². The maximum Gasteiger partial charge on any atom is 0.231 e. The van der Waals surface area contributed by atoms with Crippen LogP contribution >= 0.6 is 23.4 Å². The summed E-state index contributed by atoms with van der Waals surface area (Å²) in [6, 6.07) is 16.1. The predicted molar refractivity (Wildman–Crippen MR) is 88.7 cm³/mol. The van der Waals surface area contributed by atoms with Crippen molar-refractivity contribution >= 4 is 40.6 Å². The average molecular weight is 318 g/mol. The maximum atomic E-state index is 12.7. The Balaban J connectivity index is 1.96. The van der Waals surface area contributed by atoms with Gasteiger partial charge in [0.15, 0.2) is 0 Å². The van der Waals surface area contributed by atoms with Crippen molar-refractivity contribution < 1.29 is 4.79 Å². The minimum absolute atomic E-state index is 0.139. The summed E-state index contributed by atoms with van der Waals surface area (Å²) < 4.78 is 0. The quantitative estimate of drug-likeness (QED) is 0.569. The summed E-state index contributed by atoms with van der Waals surface area (Å²) >= 11 is 7.42. The number of fused-ring (bicyclic) bond motifs is 2. The fraction of sp³-hybridized carbons (Fsp3) is 0.235. The van der Waals surface area contributed by atoms with Gasteiger partial charge in [-0.15, -0.1) is 11.6 Å². The molecule has 1 heterocycles. The highest BCUT2D eigenvalue weighted by molar-refractivity contribution is 7.99. The van der Waals surface area contributed by atoms with Crippen LogP contribution in [0.3, 0.4) is 0 Å². The van der Waals surface area contributed by atoms with Gasteiger partial charge in [-0.3, -0.25) is 9.69 Å². The molecule has 4 heteroatoms. The molecule has 1 amide bonds. The molecule has 1 aliphatic rings. The van der Waals surface area contributed by atoms with Crippen LogP contribution in [0.4, 0.5) is 11.4 Å². The van der Waals surface area contributed by atoms with Crippen LogP contribution in [0.1, 0.15) is 19.3 Å². The molecule has 0 saturated heterocycles. The van der Waals surface area contributed by atoms with Crippen LogP contribution in [-0.4, -0.2) is 11.8 Å². The Kier molecular flexibility index (Phi) is 4.51. The number of unbranched alkanes of at least 4 members (excludes halogenated alkanes) is 1. The molecule has 2 aromatic carbocycles. The molecule has 2 aromatic rings. The van der Waals surface area contributed by atoms with Crippen LogP contribution in [-0.2, 0) is 4.79 Å². The monoisotopic (exact) mass is 317 g/mol. The van der Waals surface area contributed by atoms with Crippen molar-refractivity contribution in [1.82, 2.24) is 0 Å². The highest BCUT2D eigenvalue weighted by atomic mass is 35.5. The second-order valence-corrected chi connectivity index (χ2v) is 6.37. The zero-order chi connectivity index (χ0) is 14.7. The summed E-state index contributed by atoms with van der Waals surface area (Å²) in [5.41, 5.74) is 1.97. The first-order valence-electron chi connectivity index (χ1n) is 7.06. The zero-order valence-corrected chi connectivity index (χ0v) is 13.2. The first-order chi connectivity index (χ1) is 10.3. The third-order valence-corrected chi connectivity index (χ3v) is 4.85. The molecule has 3 rings (SSSR count). The standard InChI is InChI=1S/C17H16ClNOS/c18-12-6-5-11-17(20)19-13-7-1-3-9-15(13)21-16-10-4-2-8-14(16)19/h1-4,7-10H,5-6,11-12H2. The molecule has 0 aromatic heterocycles. The van der Waals surface area contributed by atoms with E-state index in [-0.39, 0.29) is 5.91 Å². The van der Waals surface area contributed by atoms with Crippen LogP contribution in [0.25, 0.3) is 0 Å². The van der Waals surface area contributed by atoms with Gasteiger partial charge in [-0.25, -0.2) is 0 Å². The minimum atomic E-state index is 0.139. The van der Waals surface area contributed by atoms with E-state index in [1.807, 2.05) is 41.3 Å². The number of hydrogen-bond donors (Lipinski definition) is 0. The number of nitrogens with zero attached hydrogens (tertiary/aromatic N) is 1. The average Bonchev–Trinajstić information content (AvgIpc) is 2.52. The summed E-state index contributed by atoms with van der Waals surface area (Å²) in [5, 5.41) is 0. The Labute approximate surface area is 134 Å². The molecule has 108 valence electrons. The summed E-state index contributed by atoms with van der Waals surface area (Å²) in [7, 11) is 0. The van der Waals surface area contributed by atoms with Crippen molar-refractivity contribution in [2.24, 2.45) is 0 Å². The fourth-order valence-electron chi connectivity index (χ4n) is 2.46. The van der Waals surface area contributed by atoms with Gasteiger partial charge in [0.05, 0.1) is 11.4 Å². The molecule has 2 nitrogen and oxygen atoms in total. The van der Waals surface area contributed by atoms with Crippen molar-refractivity contribution in [3.05, 3.63) is 48.5 Å². The lowest BCUT2D eigenvalue weighted by atomic mass is 10.1. The van der Waals surface area contributed by atoms with E-state index in [1.54, 1.807) is 11.8 Å². The van der Waals surface area contributed by atoms with Gasteiger partial charge in [-0.05, 0) is 37.1 Å². The molecular weight excluding hydrogens is 302 g/mol. The van der Waals surface area contributed by atoms with E-state index in [0.717, 1.165) is 34.0 Å². The number of anilines is 2. The summed E-state index contributed by atoms with van der Waals surface area (Å²) in [5.74, 6) is 0.747. The van der Waals surface area contributed by atoms with E-state index in [0.29, 0.717) is 12.3 Å². The highest BCUT2D eigenvalue weighted by Crippen LogP contribution is 2.48. The van der Waals surface area contributed by atoms with Gasteiger partial charge in [-0.1, -0.05) is 36.0 Å². The van der Waals surface area contributed by atoms with Gasteiger partial charge in [0, 0.05) is 22.1 Å². The number of hydrogen-bond acceptors (Lipinski definition) is 2. The van der Waals surface area contributed by atoms with E-state index in [9.17, 15) is 4.79 Å². The topological polar surface area (TPSA) is 20.3 Å². The number of benzene rings is 2. The molecule has 0 aliphatic carbocycles. The third kappa shape index (κ3) is 2.94. The van der Waals surface area contributed by atoms with Crippen molar-refractivity contribution in [2.45, 2.75) is 29.1 Å². The first kappa shape index (κ1) is 14.5. The number of halogens is 1. The normalized spacial score (nSPS) is 12.7. The number of carbonyl (C=O) groups excluding carboxylic acids is 1. The summed E-state index contributed by atoms with van der Waals surface area (Å²) in [6.07, 6.45) is 2.23. The smallest absolute Gasteiger partial charge is 0.231 e.